The zero-order valence-electron chi connectivity index (χ0n) is 13.5. The fraction of sp³-hybridized carbons (Fsp3) is 0.706. The minimum atomic E-state index is -0.310. The van der Waals surface area contributed by atoms with Crippen molar-refractivity contribution in [3.8, 4) is 0 Å². The molecule has 1 N–H and O–H groups in total. The third-order valence-electron chi connectivity index (χ3n) is 4.57. The fourth-order valence-electron chi connectivity index (χ4n) is 3.60. The van der Waals surface area contributed by atoms with E-state index in [0.29, 0.717) is 18.5 Å². The first kappa shape index (κ1) is 15.6. The van der Waals surface area contributed by atoms with E-state index < -0.39 is 0 Å². The summed E-state index contributed by atoms with van der Waals surface area (Å²) in [6.07, 6.45) is 4.42. The number of furan rings is 1. The number of amides is 1. The maximum atomic E-state index is 12.2. The summed E-state index contributed by atoms with van der Waals surface area (Å²) in [6, 6.07) is 4.18. The second-order valence-corrected chi connectivity index (χ2v) is 6.78. The molecule has 5 heteroatoms. The average molecular weight is 306 g/mol. The molecule has 0 radical (unpaired) electrons. The lowest BCUT2D eigenvalue weighted by Gasteiger charge is -2.36. The molecule has 0 aliphatic carbocycles. The van der Waals surface area contributed by atoms with Gasteiger partial charge in [0.25, 0.3) is 0 Å². The fourth-order valence-corrected chi connectivity index (χ4v) is 3.60. The molecule has 22 heavy (non-hydrogen) atoms. The molecule has 0 unspecified atom stereocenters. The van der Waals surface area contributed by atoms with Crippen LogP contribution in [-0.4, -0.2) is 42.1 Å². The molecule has 5 nitrogen and oxygen atoms in total. The van der Waals surface area contributed by atoms with Crippen LogP contribution >= 0.6 is 0 Å². The number of carbonyl (C=O) groups is 1. The largest absolute Gasteiger partial charge is 0.467 e. The number of fused-ring (bicyclic) bond motifs is 1. The molecule has 1 amide bonds. The van der Waals surface area contributed by atoms with Crippen LogP contribution in [0.3, 0.4) is 0 Å². The van der Waals surface area contributed by atoms with Gasteiger partial charge in [0, 0.05) is 19.1 Å². The number of ether oxygens (including phenoxy) is 1. The third-order valence-corrected chi connectivity index (χ3v) is 4.57. The topological polar surface area (TPSA) is 54.7 Å². The first-order chi connectivity index (χ1) is 10.6. The Morgan fingerprint density at radius 3 is 3.00 bits per heavy atom. The molecule has 0 aromatic carbocycles. The van der Waals surface area contributed by atoms with Crippen molar-refractivity contribution in [2.45, 2.75) is 57.9 Å². The third kappa shape index (κ3) is 3.52. The minimum Gasteiger partial charge on any atom is -0.467 e. The highest BCUT2D eigenvalue weighted by Crippen LogP contribution is 2.32. The highest BCUT2D eigenvalue weighted by atomic mass is 16.5. The van der Waals surface area contributed by atoms with E-state index in [9.17, 15) is 4.79 Å². The van der Waals surface area contributed by atoms with Crippen molar-refractivity contribution < 1.29 is 13.9 Å². The Morgan fingerprint density at radius 1 is 1.41 bits per heavy atom. The monoisotopic (exact) mass is 306 g/mol. The van der Waals surface area contributed by atoms with E-state index in [4.69, 9.17) is 9.15 Å². The van der Waals surface area contributed by atoms with Gasteiger partial charge in [-0.1, -0.05) is 13.8 Å². The SMILES string of the molecule is CC(C)CN1CC[C@@H]2O[C@@H](C(=O)NCc3ccco3)CC[C@@H]21. The zero-order valence-corrected chi connectivity index (χ0v) is 13.5. The molecule has 3 heterocycles. The first-order valence-electron chi connectivity index (χ1n) is 8.33. The van der Waals surface area contributed by atoms with Crippen LogP contribution in [0.25, 0.3) is 0 Å². The molecule has 2 aliphatic heterocycles. The summed E-state index contributed by atoms with van der Waals surface area (Å²) in [6.45, 7) is 7.15. The van der Waals surface area contributed by atoms with Crippen molar-refractivity contribution in [2.75, 3.05) is 13.1 Å². The van der Waals surface area contributed by atoms with E-state index in [0.717, 1.165) is 38.1 Å². The number of nitrogens with zero attached hydrogens (tertiary/aromatic N) is 1. The summed E-state index contributed by atoms with van der Waals surface area (Å²) >= 11 is 0. The molecular formula is C17H26N2O3. The van der Waals surface area contributed by atoms with Gasteiger partial charge in [-0.05, 0) is 37.3 Å². The van der Waals surface area contributed by atoms with Gasteiger partial charge in [-0.25, -0.2) is 0 Å². The Bertz CT molecular complexity index is 486. The van der Waals surface area contributed by atoms with Crippen molar-refractivity contribution in [3.05, 3.63) is 24.2 Å². The number of nitrogens with one attached hydrogen (secondary N) is 1. The average Bonchev–Trinajstić information content (AvgIpc) is 3.14. The van der Waals surface area contributed by atoms with Gasteiger partial charge in [0.15, 0.2) is 0 Å². The van der Waals surface area contributed by atoms with E-state index in [1.54, 1.807) is 6.26 Å². The van der Waals surface area contributed by atoms with Gasteiger partial charge < -0.3 is 14.5 Å². The maximum absolute atomic E-state index is 12.2. The molecule has 2 saturated heterocycles. The summed E-state index contributed by atoms with van der Waals surface area (Å²) in [5.41, 5.74) is 0. The quantitative estimate of drug-likeness (QED) is 0.906. The zero-order chi connectivity index (χ0) is 15.5. The highest BCUT2D eigenvalue weighted by Gasteiger charge is 2.41. The summed E-state index contributed by atoms with van der Waals surface area (Å²) in [5.74, 6) is 1.43. The Kier molecular flexibility index (Phi) is 4.84. The standard InChI is InChI=1S/C17H26N2O3/c1-12(2)11-19-8-7-15-14(19)5-6-16(22-15)17(20)18-10-13-4-3-9-21-13/h3-4,9,12,14-16H,5-8,10-11H2,1-2H3,(H,18,20)/t14-,15-,16+/m0/s1. The number of carbonyl (C=O) groups excluding carboxylic acids is 1. The van der Waals surface area contributed by atoms with Gasteiger partial charge in [0.2, 0.25) is 5.91 Å². The minimum absolute atomic E-state index is 0.0165. The predicted molar refractivity (Wildman–Crippen MR) is 83.3 cm³/mol. The van der Waals surface area contributed by atoms with Gasteiger partial charge in [-0.3, -0.25) is 9.69 Å². The van der Waals surface area contributed by atoms with Crippen LogP contribution in [0.1, 0.15) is 38.9 Å². The van der Waals surface area contributed by atoms with Crippen LogP contribution in [-0.2, 0) is 16.1 Å². The predicted octanol–water partition coefficient (Wildman–Crippen LogP) is 2.17. The van der Waals surface area contributed by atoms with Crippen LogP contribution in [0.5, 0.6) is 0 Å². The Hall–Kier alpha value is -1.33. The summed E-state index contributed by atoms with van der Waals surface area (Å²) < 4.78 is 11.3. The summed E-state index contributed by atoms with van der Waals surface area (Å²) in [5, 5.41) is 2.91. The second kappa shape index (κ2) is 6.84. The van der Waals surface area contributed by atoms with Crippen LogP contribution in [0.2, 0.25) is 0 Å². The van der Waals surface area contributed by atoms with Gasteiger partial charge in [-0.15, -0.1) is 0 Å². The number of likely N-dealkylation sites (tertiary alicyclic amines) is 1. The Labute approximate surface area is 132 Å². The summed E-state index contributed by atoms with van der Waals surface area (Å²) in [7, 11) is 0. The number of hydrogen-bond donors (Lipinski definition) is 1. The lowest BCUT2D eigenvalue weighted by atomic mass is 9.98. The molecule has 2 fully saturated rings. The van der Waals surface area contributed by atoms with E-state index in [1.807, 2.05) is 12.1 Å². The van der Waals surface area contributed by atoms with Crippen molar-refractivity contribution >= 4 is 5.91 Å². The smallest absolute Gasteiger partial charge is 0.249 e. The van der Waals surface area contributed by atoms with Crippen LogP contribution in [0.15, 0.2) is 22.8 Å². The molecule has 122 valence electrons. The van der Waals surface area contributed by atoms with Crippen LogP contribution in [0, 0.1) is 5.92 Å². The maximum Gasteiger partial charge on any atom is 0.249 e. The van der Waals surface area contributed by atoms with Gasteiger partial charge >= 0.3 is 0 Å². The highest BCUT2D eigenvalue weighted by molar-refractivity contribution is 5.80. The molecule has 3 atom stereocenters. The molecule has 1 aromatic rings. The molecule has 3 rings (SSSR count). The molecule has 0 saturated carbocycles. The lowest BCUT2D eigenvalue weighted by Crippen LogP contribution is -2.48. The van der Waals surface area contributed by atoms with E-state index in [-0.39, 0.29) is 18.1 Å². The number of rotatable bonds is 5. The van der Waals surface area contributed by atoms with Crippen molar-refractivity contribution in [1.82, 2.24) is 10.2 Å². The lowest BCUT2D eigenvalue weighted by molar-refractivity contribution is -0.144. The van der Waals surface area contributed by atoms with Crippen molar-refractivity contribution in [2.24, 2.45) is 5.92 Å². The summed E-state index contributed by atoms with van der Waals surface area (Å²) in [4.78, 5) is 14.8. The van der Waals surface area contributed by atoms with Gasteiger partial charge in [-0.2, -0.15) is 0 Å². The molecule has 0 bridgehead atoms. The molecule has 1 aromatic heterocycles. The second-order valence-electron chi connectivity index (χ2n) is 6.78. The molecule has 2 aliphatic rings. The van der Waals surface area contributed by atoms with E-state index >= 15 is 0 Å². The Balaban J connectivity index is 1.49. The Morgan fingerprint density at radius 2 is 2.27 bits per heavy atom. The van der Waals surface area contributed by atoms with E-state index in [1.165, 1.54) is 0 Å². The molecular weight excluding hydrogens is 280 g/mol. The van der Waals surface area contributed by atoms with Crippen LogP contribution in [0.4, 0.5) is 0 Å². The number of hydrogen-bond acceptors (Lipinski definition) is 4. The molecule has 0 spiro atoms. The van der Waals surface area contributed by atoms with Gasteiger partial charge in [0.05, 0.1) is 18.9 Å². The normalized spacial score (nSPS) is 28.8. The first-order valence-corrected chi connectivity index (χ1v) is 8.33. The van der Waals surface area contributed by atoms with Crippen molar-refractivity contribution in [1.29, 1.82) is 0 Å². The van der Waals surface area contributed by atoms with Crippen molar-refractivity contribution in [3.63, 3.8) is 0 Å². The van der Waals surface area contributed by atoms with Gasteiger partial charge in [0.1, 0.15) is 11.9 Å². The van der Waals surface area contributed by atoms with Crippen LogP contribution < -0.4 is 5.32 Å². The van der Waals surface area contributed by atoms with E-state index in [2.05, 4.69) is 24.1 Å².